The second-order valence-electron chi connectivity index (χ2n) is 6.79. The molecule has 3 aromatic rings. The summed E-state index contributed by atoms with van der Waals surface area (Å²) in [4.78, 5) is 36.3. The van der Waals surface area contributed by atoms with Crippen molar-refractivity contribution in [3.05, 3.63) is 71.4 Å². The van der Waals surface area contributed by atoms with Gasteiger partial charge in [0, 0.05) is 22.6 Å². The van der Waals surface area contributed by atoms with E-state index in [-0.39, 0.29) is 18.1 Å². The average molecular weight is 424 g/mol. The van der Waals surface area contributed by atoms with Crippen LogP contribution in [0.4, 0.5) is 0 Å². The first-order chi connectivity index (χ1) is 14.9. The predicted octanol–water partition coefficient (Wildman–Crippen LogP) is 3.24. The molecule has 0 aliphatic carbocycles. The molecule has 0 bridgehead atoms. The molecule has 0 saturated carbocycles. The fourth-order valence-electron chi connectivity index (χ4n) is 3.22. The fourth-order valence-corrected chi connectivity index (χ4v) is 3.22. The highest BCUT2D eigenvalue weighted by Crippen LogP contribution is 2.23. The number of ether oxygens (including phenoxy) is 2. The lowest BCUT2D eigenvalue weighted by molar-refractivity contribution is -0.141. The maximum absolute atomic E-state index is 12.6. The summed E-state index contributed by atoms with van der Waals surface area (Å²) < 4.78 is 17.4. The Morgan fingerprint density at radius 3 is 2.48 bits per heavy atom. The van der Waals surface area contributed by atoms with Gasteiger partial charge < -0.3 is 23.8 Å². The van der Waals surface area contributed by atoms with Gasteiger partial charge in [0.15, 0.2) is 12.4 Å². The van der Waals surface area contributed by atoms with Crippen LogP contribution in [0.5, 0.6) is 5.75 Å². The van der Waals surface area contributed by atoms with Crippen LogP contribution in [0.15, 0.2) is 53.1 Å². The minimum Gasteiger partial charge on any atom is -0.494 e. The van der Waals surface area contributed by atoms with Gasteiger partial charge in [-0.2, -0.15) is 0 Å². The van der Waals surface area contributed by atoms with Crippen LogP contribution in [0.25, 0.3) is 5.69 Å². The first kappa shape index (κ1) is 21.9. The Hall–Kier alpha value is -3.81. The SMILES string of the molecule is CCOc1ccc(-n2c(C)cc(C(=O)COC(=O)CNC(=O)c3ccco3)c2C)cc1. The van der Waals surface area contributed by atoms with E-state index < -0.39 is 18.5 Å². The molecule has 8 nitrogen and oxygen atoms in total. The maximum Gasteiger partial charge on any atom is 0.325 e. The first-order valence-electron chi connectivity index (χ1n) is 9.83. The number of furan rings is 1. The van der Waals surface area contributed by atoms with Crippen molar-refractivity contribution in [3.63, 3.8) is 0 Å². The van der Waals surface area contributed by atoms with Gasteiger partial charge in [0.2, 0.25) is 5.78 Å². The molecule has 0 atom stereocenters. The Morgan fingerprint density at radius 1 is 1.10 bits per heavy atom. The predicted molar refractivity (Wildman–Crippen MR) is 113 cm³/mol. The number of nitrogens with zero attached hydrogens (tertiary/aromatic N) is 1. The van der Waals surface area contributed by atoms with Crippen molar-refractivity contribution >= 4 is 17.7 Å². The molecule has 8 heteroatoms. The Bertz CT molecular complexity index is 1060. The minimum atomic E-state index is -0.714. The molecule has 31 heavy (non-hydrogen) atoms. The number of nitrogens with one attached hydrogen (secondary N) is 1. The van der Waals surface area contributed by atoms with Gasteiger partial charge in [-0.25, -0.2) is 0 Å². The number of aromatic nitrogens is 1. The number of benzene rings is 1. The smallest absolute Gasteiger partial charge is 0.325 e. The molecule has 162 valence electrons. The number of amides is 1. The maximum atomic E-state index is 12.6. The van der Waals surface area contributed by atoms with Gasteiger partial charge in [-0.3, -0.25) is 14.4 Å². The monoisotopic (exact) mass is 424 g/mol. The summed E-state index contributed by atoms with van der Waals surface area (Å²) in [6.45, 7) is 5.47. The van der Waals surface area contributed by atoms with E-state index in [0.717, 1.165) is 22.8 Å². The molecular weight excluding hydrogens is 400 g/mol. The van der Waals surface area contributed by atoms with E-state index >= 15 is 0 Å². The number of aryl methyl sites for hydroxylation is 1. The summed E-state index contributed by atoms with van der Waals surface area (Å²) in [7, 11) is 0. The number of carbonyl (C=O) groups is 3. The minimum absolute atomic E-state index is 0.0885. The zero-order valence-corrected chi connectivity index (χ0v) is 17.6. The Morgan fingerprint density at radius 2 is 1.84 bits per heavy atom. The molecule has 1 aromatic carbocycles. The quantitative estimate of drug-likeness (QED) is 0.418. The topological polar surface area (TPSA) is 99.8 Å². The highest BCUT2D eigenvalue weighted by Gasteiger charge is 2.19. The molecule has 0 aliphatic heterocycles. The van der Waals surface area contributed by atoms with Gasteiger partial charge >= 0.3 is 5.97 Å². The normalized spacial score (nSPS) is 10.5. The van der Waals surface area contributed by atoms with E-state index in [0.29, 0.717) is 12.2 Å². The first-order valence-corrected chi connectivity index (χ1v) is 9.83. The molecular formula is C23H24N2O6. The van der Waals surface area contributed by atoms with Crippen molar-refractivity contribution in [1.82, 2.24) is 9.88 Å². The van der Waals surface area contributed by atoms with Crippen LogP contribution < -0.4 is 10.1 Å². The van der Waals surface area contributed by atoms with Gasteiger partial charge in [0.25, 0.3) is 5.91 Å². The molecule has 0 radical (unpaired) electrons. The number of esters is 1. The van der Waals surface area contributed by atoms with Crippen molar-refractivity contribution < 1.29 is 28.3 Å². The van der Waals surface area contributed by atoms with Crippen LogP contribution >= 0.6 is 0 Å². The molecule has 2 aromatic heterocycles. The third-order valence-electron chi connectivity index (χ3n) is 4.64. The van der Waals surface area contributed by atoms with Crippen molar-refractivity contribution in [2.45, 2.75) is 20.8 Å². The van der Waals surface area contributed by atoms with Crippen molar-refractivity contribution in [2.24, 2.45) is 0 Å². The summed E-state index contributed by atoms with van der Waals surface area (Å²) in [6, 6.07) is 12.4. The second-order valence-corrected chi connectivity index (χ2v) is 6.79. The number of ketones is 1. The Labute approximate surface area is 179 Å². The van der Waals surface area contributed by atoms with Gasteiger partial charge in [-0.15, -0.1) is 0 Å². The van der Waals surface area contributed by atoms with Crippen LogP contribution in [0.1, 0.15) is 39.2 Å². The zero-order valence-electron chi connectivity index (χ0n) is 17.6. The van der Waals surface area contributed by atoms with E-state index in [9.17, 15) is 14.4 Å². The number of hydrogen-bond donors (Lipinski definition) is 1. The van der Waals surface area contributed by atoms with E-state index in [2.05, 4.69) is 5.32 Å². The van der Waals surface area contributed by atoms with E-state index in [1.54, 1.807) is 12.1 Å². The molecule has 0 aliphatic rings. The lowest BCUT2D eigenvalue weighted by Crippen LogP contribution is -2.31. The van der Waals surface area contributed by atoms with Gasteiger partial charge in [0.05, 0.1) is 12.9 Å². The lowest BCUT2D eigenvalue weighted by Gasteiger charge is -2.11. The van der Waals surface area contributed by atoms with E-state index in [1.165, 1.54) is 12.3 Å². The largest absolute Gasteiger partial charge is 0.494 e. The number of hydrogen-bond acceptors (Lipinski definition) is 6. The molecule has 3 rings (SSSR count). The number of rotatable bonds is 9. The highest BCUT2D eigenvalue weighted by molar-refractivity contribution is 5.99. The van der Waals surface area contributed by atoms with Gasteiger partial charge in [-0.05, 0) is 63.2 Å². The molecule has 0 fully saturated rings. The third kappa shape index (κ3) is 5.22. The third-order valence-corrected chi connectivity index (χ3v) is 4.64. The molecule has 0 saturated heterocycles. The van der Waals surface area contributed by atoms with Crippen molar-refractivity contribution in [2.75, 3.05) is 19.8 Å². The van der Waals surface area contributed by atoms with Crippen LogP contribution in [0, 0.1) is 13.8 Å². The fraction of sp³-hybridized carbons (Fsp3) is 0.261. The molecule has 1 amide bonds. The number of Topliss-reactive ketones (excluding diaryl/α,β-unsaturated/α-hetero) is 1. The van der Waals surface area contributed by atoms with Gasteiger partial charge in [-0.1, -0.05) is 0 Å². The highest BCUT2D eigenvalue weighted by atomic mass is 16.5. The van der Waals surface area contributed by atoms with Crippen molar-refractivity contribution in [1.29, 1.82) is 0 Å². The summed E-state index contributed by atoms with van der Waals surface area (Å²) >= 11 is 0. The van der Waals surface area contributed by atoms with Crippen LogP contribution in [-0.2, 0) is 9.53 Å². The van der Waals surface area contributed by atoms with Gasteiger partial charge in [0.1, 0.15) is 12.3 Å². The summed E-state index contributed by atoms with van der Waals surface area (Å²) in [5.74, 6) is -0.710. The van der Waals surface area contributed by atoms with Crippen LogP contribution in [-0.4, -0.2) is 42.0 Å². The Balaban J connectivity index is 1.60. The molecule has 0 unspecified atom stereocenters. The molecule has 0 spiro atoms. The van der Waals surface area contributed by atoms with E-state index in [4.69, 9.17) is 13.9 Å². The summed E-state index contributed by atoms with van der Waals surface area (Å²) in [5, 5.41) is 2.38. The van der Waals surface area contributed by atoms with Crippen LogP contribution in [0.2, 0.25) is 0 Å². The van der Waals surface area contributed by atoms with Crippen molar-refractivity contribution in [3.8, 4) is 11.4 Å². The number of carbonyl (C=O) groups excluding carboxylic acids is 3. The summed E-state index contributed by atoms with van der Waals surface area (Å²) in [5.41, 5.74) is 2.99. The second kappa shape index (κ2) is 9.80. The van der Waals surface area contributed by atoms with E-state index in [1.807, 2.05) is 49.6 Å². The molecule has 1 N–H and O–H groups in total. The van der Waals surface area contributed by atoms with Crippen LogP contribution in [0.3, 0.4) is 0 Å². The average Bonchev–Trinajstić information content (AvgIpc) is 3.40. The zero-order chi connectivity index (χ0) is 22.4. The lowest BCUT2D eigenvalue weighted by atomic mass is 10.1. The summed E-state index contributed by atoms with van der Waals surface area (Å²) in [6.07, 6.45) is 1.36. The standard InChI is InChI=1S/C23H24N2O6/c1-4-29-18-9-7-17(8-10-18)25-15(2)12-19(16(25)3)20(26)14-31-22(27)13-24-23(28)21-6-5-11-30-21/h5-12H,4,13-14H2,1-3H3,(H,24,28). The molecule has 2 heterocycles. The Kier molecular flexibility index (Phi) is 6.92.